The maximum Gasteiger partial charge on any atom is 0.410 e. The lowest BCUT2D eigenvalue weighted by atomic mass is 10.1. The fourth-order valence-electron chi connectivity index (χ4n) is 2.28. The van der Waals surface area contributed by atoms with Crippen LogP contribution in [0.25, 0.3) is 0 Å². The van der Waals surface area contributed by atoms with E-state index >= 15 is 0 Å². The number of hydrogen-bond donors (Lipinski definition) is 1. The Morgan fingerprint density at radius 1 is 0.913 bits per heavy atom. The van der Waals surface area contributed by atoms with Gasteiger partial charge in [-0.15, -0.1) is 0 Å². The summed E-state index contributed by atoms with van der Waals surface area (Å²) in [6, 6.07) is 19.6. The number of carbonyl (C=O) groups excluding carboxylic acids is 1. The fraction of sp³-hybridized carbons (Fsp3) is 0.316. The molecule has 122 valence electrons. The summed E-state index contributed by atoms with van der Waals surface area (Å²) in [6.45, 7) is 1.41. The predicted octanol–water partition coefficient (Wildman–Crippen LogP) is 3.25. The van der Waals surface area contributed by atoms with E-state index in [1.165, 1.54) is 5.56 Å². The molecule has 0 heterocycles. The Balaban J connectivity index is 1.87. The van der Waals surface area contributed by atoms with Crippen LogP contribution in [0.4, 0.5) is 4.79 Å². The molecule has 0 saturated carbocycles. The molecular weight excluding hydrogens is 290 g/mol. The van der Waals surface area contributed by atoms with Gasteiger partial charge in [0.15, 0.2) is 0 Å². The molecular formula is C19H23NO3. The first kappa shape index (κ1) is 17.0. The summed E-state index contributed by atoms with van der Waals surface area (Å²) in [7, 11) is 0. The molecule has 0 aliphatic heterocycles. The number of amides is 1. The molecule has 2 aromatic rings. The third kappa shape index (κ3) is 6.12. The van der Waals surface area contributed by atoms with Gasteiger partial charge in [0.05, 0.1) is 0 Å². The second kappa shape index (κ2) is 9.64. The second-order valence-electron chi connectivity index (χ2n) is 5.34. The highest BCUT2D eigenvalue weighted by molar-refractivity contribution is 5.67. The number of benzene rings is 2. The van der Waals surface area contributed by atoms with Crippen molar-refractivity contribution in [1.29, 1.82) is 0 Å². The summed E-state index contributed by atoms with van der Waals surface area (Å²) in [6.07, 6.45) is 0.986. The van der Waals surface area contributed by atoms with Gasteiger partial charge in [0.25, 0.3) is 0 Å². The molecule has 0 bridgehead atoms. The number of nitrogens with zero attached hydrogens (tertiary/aromatic N) is 1. The Morgan fingerprint density at radius 2 is 1.52 bits per heavy atom. The largest absolute Gasteiger partial charge is 0.445 e. The van der Waals surface area contributed by atoms with E-state index < -0.39 is 0 Å². The maximum atomic E-state index is 12.3. The molecule has 2 aromatic carbocycles. The van der Waals surface area contributed by atoms with Crippen LogP contribution in [0, 0.1) is 0 Å². The van der Waals surface area contributed by atoms with E-state index in [9.17, 15) is 4.79 Å². The van der Waals surface area contributed by atoms with Crippen molar-refractivity contribution in [2.45, 2.75) is 19.4 Å². The fourth-order valence-corrected chi connectivity index (χ4v) is 2.28. The van der Waals surface area contributed by atoms with Crippen LogP contribution in [0.5, 0.6) is 0 Å². The smallest absolute Gasteiger partial charge is 0.410 e. The van der Waals surface area contributed by atoms with Crippen molar-refractivity contribution < 1.29 is 14.6 Å². The number of aliphatic hydroxyl groups is 1. The first-order valence-electron chi connectivity index (χ1n) is 7.90. The van der Waals surface area contributed by atoms with E-state index in [1.54, 1.807) is 4.90 Å². The number of hydrogen-bond acceptors (Lipinski definition) is 3. The van der Waals surface area contributed by atoms with Crippen LogP contribution < -0.4 is 0 Å². The molecule has 1 N–H and O–H groups in total. The number of aliphatic hydroxyl groups excluding tert-OH is 1. The van der Waals surface area contributed by atoms with E-state index in [-0.39, 0.29) is 19.3 Å². The molecule has 0 spiro atoms. The van der Waals surface area contributed by atoms with Crippen LogP contribution in [-0.4, -0.2) is 35.8 Å². The Bertz CT molecular complexity index is 572. The molecule has 0 aromatic heterocycles. The number of carbonyl (C=O) groups is 1. The lowest BCUT2D eigenvalue weighted by Gasteiger charge is -2.22. The standard InChI is InChI=1S/C19H23NO3/c21-15-7-13-20(14-12-17-8-3-1-4-9-17)19(22)23-16-18-10-5-2-6-11-18/h1-6,8-11,21H,7,12-16H2. The lowest BCUT2D eigenvalue weighted by Crippen LogP contribution is -2.34. The van der Waals surface area contributed by atoms with Crippen molar-refractivity contribution >= 4 is 6.09 Å². The van der Waals surface area contributed by atoms with E-state index in [4.69, 9.17) is 9.84 Å². The zero-order valence-electron chi connectivity index (χ0n) is 13.2. The van der Waals surface area contributed by atoms with Gasteiger partial charge >= 0.3 is 6.09 Å². The third-order valence-corrected chi connectivity index (χ3v) is 3.56. The highest BCUT2D eigenvalue weighted by atomic mass is 16.6. The highest BCUT2D eigenvalue weighted by Gasteiger charge is 2.14. The summed E-state index contributed by atoms with van der Waals surface area (Å²) in [4.78, 5) is 13.9. The summed E-state index contributed by atoms with van der Waals surface area (Å²) in [5.74, 6) is 0. The highest BCUT2D eigenvalue weighted by Crippen LogP contribution is 2.06. The van der Waals surface area contributed by atoms with Gasteiger partial charge in [-0.25, -0.2) is 4.79 Å². The first-order chi connectivity index (χ1) is 11.3. The van der Waals surface area contributed by atoms with E-state index in [0.717, 1.165) is 12.0 Å². The molecule has 0 aliphatic rings. The maximum absolute atomic E-state index is 12.3. The third-order valence-electron chi connectivity index (χ3n) is 3.56. The quantitative estimate of drug-likeness (QED) is 0.814. The molecule has 0 saturated heterocycles. The molecule has 23 heavy (non-hydrogen) atoms. The zero-order chi connectivity index (χ0) is 16.3. The molecule has 0 atom stereocenters. The number of rotatable bonds is 8. The Hall–Kier alpha value is -2.33. The molecule has 2 rings (SSSR count). The molecule has 0 aliphatic carbocycles. The van der Waals surface area contributed by atoms with Crippen molar-refractivity contribution in [2.24, 2.45) is 0 Å². The van der Waals surface area contributed by atoms with E-state index in [1.807, 2.05) is 60.7 Å². The normalized spacial score (nSPS) is 10.3. The van der Waals surface area contributed by atoms with Crippen molar-refractivity contribution in [1.82, 2.24) is 4.90 Å². The van der Waals surface area contributed by atoms with Crippen LogP contribution >= 0.6 is 0 Å². The van der Waals surface area contributed by atoms with Gasteiger partial charge in [-0.2, -0.15) is 0 Å². The van der Waals surface area contributed by atoms with Crippen molar-refractivity contribution in [3.8, 4) is 0 Å². The zero-order valence-corrected chi connectivity index (χ0v) is 13.2. The first-order valence-corrected chi connectivity index (χ1v) is 7.90. The molecule has 0 radical (unpaired) electrons. The monoisotopic (exact) mass is 313 g/mol. The van der Waals surface area contributed by atoms with Gasteiger partial charge < -0.3 is 14.7 Å². The molecule has 1 amide bonds. The van der Waals surface area contributed by atoms with Crippen molar-refractivity contribution in [2.75, 3.05) is 19.7 Å². The Labute approximate surface area is 137 Å². The Kier molecular flexibility index (Phi) is 7.14. The topological polar surface area (TPSA) is 49.8 Å². The summed E-state index contributed by atoms with van der Waals surface area (Å²) in [5.41, 5.74) is 2.14. The molecule has 0 unspecified atom stereocenters. The number of ether oxygens (including phenoxy) is 1. The minimum atomic E-state index is -0.335. The summed E-state index contributed by atoms with van der Waals surface area (Å²) >= 11 is 0. The van der Waals surface area contributed by atoms with E-state index in [2.05, 4.69) is 0 Å². The van der Waals surface area contributed by atoms with Crippen LogP contribution in [0.2, 0.25) is 0 Å². The average molecular weight is 313 g/mol. The summed E-state index contributed by atoms with van der Waals surface area (Å²) in [5, 5.41) is 9.01. The van der Waals surface area contributed by atoms with Gasteiger partial charge in [0.2, 0.25) is 0 Å². The Morgan fingerprint density at radius 3 is 2.13 bits per heavy atom. The minimum absolute atomic E-state index is 0.0633. The molecule has 0 fully saturated rings. The van der Waals surface area contributed by atoms with Gasteiger partial charge in [0, 0.05) is 19.7 Å². The van der Waals surface area contributed by atoms with Crippen molar-refractivity contribution in [3.05, 3.63) is 71.8 Å². The van der Waals surface area contributed by atoms with E-state index in [0.29, 0.717) is 19.5 Å². The molecule has 4 heteroatoms. The minimum Gasteiger partial charge on any atom is -0.445 e. The van der Waals surface area contributed by atoms with Crippen LogP contribution in [0.1, 0.15) is 17.5 Å². The second-order valence-corrected chi connectivity index (χ2v) is 5.34. The lowest BCUT2D eigenvalue weighted by molar-refractivity contribution is 0.0939. The predicted molar refractivity (Wildman–Crippen MR) is 90.0 cm³/mol. The van der Waals surface area contributed by atoms with Crippen molar-refractivity contribution in [3.63, 3.8) is 0 Å². The van der Waals surface area contributed by atoms with Crippen LogP contribution in [0.15, 0.2) is 60.7 Å². The SMILES string of the molecule is O=C(OCc1ccccc1)N(CCCO)CCc1ccccc1. The summed E-state index contributed by atoms with van der Waals surface area (Å²) < 4.78 is 5.38. The average Bonchev–Trinajstić information content (AvgIpc) is 2.61. The van der Waals surface area contributed by atoms with Gasteiger partial charge in [-0.05, 0) is 24.0 Å². The van der Waals surface area contributed by atoms with Gasteiger partial charge in [-0.1, -0.05) is 60.7 Å². The van der Waals surface area contributed by atoms with Crippen LogP contribution in [-0.2, 0) is 17.8 Å². The van der Waals surface area contributed by atoms with Gasteiger partial charge in [0.1, 0.15) is 6.61 Å². The van der Waals surface area contributed by atoms with Gasteiger partial charge in [-0.3, -0.25) is 0 Å². The van der Waals surface area contributed by atoms with Crippen LogP contribution in [0.3, 0.4) is 0 Å². The molecule has 4 nitrogen and oxygen atoms in total.